The van der Waals surface area contributed by atoms with Gasteiger partial charge < -0.3 is 19.9 Å². The first-order valence-corrected chi connectivity index (χ1v) is 9.24. The molecule has 0 bridgehead atoms. The third-order valence-electron chi connectivity index (χ3n) is 4.57. The van der Waals surface area contributed by atoms with E-state index in [1.54, 1.807) is 17.0 Å². The minimum atomic E-state index is -0.271. The summed E-state index contributed by atoms with van der Waals surface area (Å²) >= 11 is 12.2. The summed E-state index contributed by atoms with van der Waals surface area (Å²) in [5.41, 5.74) is 2.28. The molecule has 0 aliphatic carbocycles. The summed E-state index contributed by atoms with van der Waals surface area (Å²) in [4.78, 5) is 16.4. The number of halogens is 2. The van der Waals surface area contributed by atoms with Crippen LogP contribution in [0.5, 0.6) is 5.75 Å². The number of hydrogen-bond donors (Lipinski definition) is 2. The Morgan fingerprint density at radius 1 is 1.12 bits per heavy atom. The second kappa shape index (κ2) is 8.16. The van der Waals surface area contributed by atoms with Gasteiger partial charge in [-0.2, -0.15) is 0 Å². The standard InChI is InChI=1S/C19H21Cl2N3O2/c1-23-7-9-24(10-8-23)15-5-3-14(4-6-15)22-19(25)13-11-16(20)18(26-2)17(21)12-13/h3-6,11-12H,7-10H2,1-2H3,(H,22,25)/p+1. The fraction of sp³-hybridized carbons (Fsp3) is 0.316. The lowest BCUT2D eigenvalue weighted by atomic mass is 10.2. The number of likely N-dealkylation sites (N-methyl/N-ethyl adjacent to an activating group) is 1. The van der Waals surface area contributed by atoms with E-state index >= 15 is 0 Å². The number of piperazine rings is 1. The minimum Gasteiger partial charge on any atom is -0.494 e. The van der Waals surface area contributed by atoms with Crippen LogP contribution in [0.2, 0.25) is 10.0 Å². The molecule has 0 saturated carbocycles. The lowest BCUT2D eigenvalue weighted by molar-refractivity contribution is -0.880. The number of rotatable bonds is 4. The van der Waals surface area contributed by atoms with Gasteiger partial charge in [-0.3, -0.25) is 4.79 Å². The lowest BCUT2D eigenvalue weighted by Crippen LogP contribution is -3.12. The normalized spacial score (nSPS) is 15.0. The molecule has 1 saturated heterocycles. The van der Waals surface area contributed by atoms with Crippen molar-refractivity contribution in [2.24, 2.45) is 0 Å². The zero-order valence-corrected chi connectivity index (χ0v) is 16.3. The zero-order valence-electron chi connectivity index (χ0n) is 14.8. The Morgan fingerprint density at radius 2 is 1.69 bits per heavy atom. The Hall–Kier alpha value is -1.95. The molecule has 0 spiro atoms. The van der Waals surface area contributed by atoms with Gasteiger partial charge in [0.25, 0.3) is 5.91 Å². The van der Waals surface area contributed by atoms with Crippen molar-refractivity contribution in [3.8, 4) is 5.75 Å². The van der Waals surface area contributed by atoms with Gasteiger partial charge >= 0.3 is 0 Å². The average Bonchev–Trinajstić information content (AvgIpc) is 2.63. The summed E-state index contributed by atoms with van der Waals surface area (Å²) < 4.78 is 5.10. The van der Waals surface area contributed by atoms with E-state index in [-0.39, 0.29) is 5.91 Å². The van der Waals surface area contributed by atoms with Gasteiger partial charge in [0.05, 0.1) is 50.4 Å². The smallest absolute Gasteiger partial charge is 0.255 e. The number of benzene rings is 2. The number of anilines is 2. The third-order valence-corrected chi connectivity index (χ3v) is 5.13. The fourth-order valence-electron chi connectivity index (χ4n) is 2.99. The number of ether oxygens (including phenoxy) is 1. The molecule has 0 unspecified atom stereocenters. The van der Waals surface area contributed by atoms with E-state index in [1.165, 1.54) is 12.8 Å². The molecule has 138 valence electrons. The highest BCUT2D eigenvalue weighted by atomic mass is 35.5. The summed E-state index contributed by atoms with van der Waals surface area (Å²) in [6.45, 7) is 4.36. The van der Waals surface area contributed by atoms with Crippen LogP contribution in [-0.4, -0.2) is 46.2 Å². The van der Waals surface area contributed by atoms with Crippen LogP contribution < -0.4 is 19.9 Å². The first-order valence-electron chi connectivity index (χ1n) is 8.48. The fourth-order valence-corrected chi connectivity index (χ4v) is 3.63. The maximum Gasteiger partial charge on any atom is 0.255 e. The van der Waals surface area contributed by atoms with Crippen LogP contribution in [-0.2, 0) is 0 Å². The molecule has 26 heavy (non-hydrogen) atoms. The summed E-state index contributed by atoms with van der Waals surface area (Å²) in [5.74, 6) is 0.0932. The van der Waals surface area contributed by atoms with Crippen molar-refractivity contribution in [1.29, 1.82) is 0 Å². The number of methoxy groups -OCH3 is 1. The molecular weight excluding hydrogens is 373 g/mol. The maximum atomic E-state index is 12.5. The van der Waals surface area contributed by atoms with E-state index in [2.05, 4.69) is 17.3 Å². The highest BCUT2D eigenvalue weighted by Crippen LogP contribution is 2.34. The monoisotopic (exact) mass is 394 g/mol. The Morgan fingerprint density at radius 3 is 2.23 bits per heavy atom. The number of nitrogens with one attached hydrogen (secondary N) is 2. The summed E-state index contributed by atoms with van der Waals surface area (Å²) in [6, 6.07) is 11.0. The molecule has 1 heterocycles. The Labute approximate surface area is 163 Å². The zero-order chi connectivity index (χ0) is 18.7. The highest BCUT2D eigenvalue weighted by molar-refractivity contribution is 6.37. The molecule has 1 aliphatic heterocycles. The minimum absolute atomic E-state index is 0.271. The number of quaternary nitrogens is 1. The lowest BCUT2D eigenvalue weighted by Gasteiger charge is -2.31. The molecule has 2 aromatic carbocycles. The molecule has 1 amide bonds. The number of amides is 1. The predicted octanol–water partition coefficient (Wildman–Crippen LogP) is 2.59. The summed E-state index contributed by atoms with van der Waals surface area (Å²) in [7, 11) is 3.70. The largest absolute Gasteiger partial charge is 0.494 e. The van der Waals surface area contributed by atoms with Gasteiger partial charge in [-0.05, 0) is 36.4 Å². The molecule has 0 aromatic heterocycles. The van der Waals surface area contributed by atoms with Crippen LogP contribution in [0.3, 0.4) is 0 Å². The van der Waals surface area contributed by atoms with Gasteiger partial charge in [-0.25, -0.2) is 0 Å². The van der Waals surface area contributed by atoms with Crippen LogP contribution in [0.15, 0.2) is 36.4 Å². The third kappa shape index (κ3) is 4.23. The molecule has 2 N–H and O–H groups in total. The molecule has 2 aromatic rings. The Kier molecular flexibility index (Phi) is 5.91. The summed E-state index contributed by atoms with van der Waals surface area (Å²) in [5, 5.41) is 3.47. The molecule has 1 aliphatic rings. The highest BCUT2D eigenvalue weighted by Gasteiger charge is 2.17. The van der Waals surface area contributed by atoms with Gasteiger partial charge in [0.1, 0.15) is 0 Å². The van der Waals surface area contributed by atoms with Crippen LogP contribution in [0.25, 0.3) is 0 Å². The van der Waals surface area contributed by atoms with Gasteiger partial charge in [-0.1, -0.05) is 23.2 Å². The van der Waals surface area contributed by atoms with Crippen LogP contribution in [0, 0.1) is 0 Å². The van der Waals surface area contributed by atoms with E-state index < -0.39 is 0 Å². The first kappa shape index (κ1) is 18.8. The van der Waals surface area contributed by atoms with Gasteiger partial charge in [0.2, 0.25) is 0 Å². The molecule has 0 radical (unpaired) electrons. The van der Waals surface area contributed by atoms with E-state index in [9.17, 15) is 4.79 Å². The number of carbonyl (C=O) groups is 1. The van der Waals surface area contributed by atoms with Crippen LogP contribution in [0.4, 0.5) is 11.4 Å². The van der Waals surface area contributed by atoms with Crippen molar-refractivity contribution in [2.75, 3.05) is 50.6 Å². The quantitative estimate of drug-likeness (QED) is 0.837. The second-order valence-electron chi connectivity index (χ2n) is 6.42. The molecule has 3 rings (SSSR count). The Bertz CT molecular complexity index is 765. The van der Waals surface area contributed by atoms with E-state index in [0.29, 0.717) is 21.4 Å². The van der Waals surface area contributed by atoms with Crippen molar-refractivity contribution in [3.05, 3.63) is 52.0 Å². The van der Waals surface area contributed by atoms with Crippen LogP contribution >= 0.6 is 23.2 Å². The number of nitrogens with zero attached hydrogens (tertiary/aromatic N) is 1. The van der Waals surface area contributed by atoms with Crippen molar-refractivity contribution in [2.45, 2.75) is 0 Å². The van der Waals surface area contributed by atoms with Crippen molar-refractivity contribution >= 4 is 40.5 Å². The average molecular weight is 395 g/mol. The van der Waals surface area contributed by atoms with E-state index in [4.69, 9.17) is 27.9 Å². The molecule has 0 atom stereocenters. The molecule has 1 fully saturated rings. The molecule has 7 heteroatoms. The second-order valence-corrected chi connectivity index (χ2v) is 7.23. The first-order chi connectivity index (χ1) is 12.5. The van der Waals surface area contributed by atoms with Crippen LogP contribution in [0.1, 0.15) is 10.4 Å². The SMILES string of the molecule is COc1c(Cl)cc(C(=O)Nc2ccc(N3CC[NH+](C)CC3)cc2)cc1Cl. The topological polar surface area (TPSA) is 46.0 Å². The maximum absolute atomic E-state index is 12.5. The van der Waals surface area contributed by atoms with Crippen molar-refractivity contribution in [1.82, 2.24) is 0 Å². The van der Waals surface area contributed by atoms with E-state index in [0.717, 1.165) is 31.9 Å². The van der Waals surface area contributed by atoms with Gasteiger partial charge in [-0.15, -0.1) is 0 Å². The Balaban J connectivity index is 1.68. The van der Waals surface area contributed by atoms with Gasteiger partial charge in [0, 0.05) is 16.9 Å². The predicted molar refractivity (Wildman–Crippen MR) is 106 cm³/mol. The van der Waals surface area contributed by atoms with E-state index in [1.807, 2.05) is 24.3 Å². The van der Waals surface area contributed by atoms with Gasteiger partial charge in [0.15, 0.2) is 5.75 Å². The number of carbonyl (C=O) groups excluding carboxylic acids is 1. The van der Waals surface area contributed by atoms with Crippen molar-refractivity contribution in [3.63, 3.8) is 0 Å². The van der Waals surface area contributed by atoms with Crippen molar-refractivity contribution < 1.29 is 14.4 Å². The molecular formula is C19H22Cl2N3O2+. The number of hydrogen-bond acceptors (Lipinski definition) is 3. The summed E-state index contributed by atoms with van der Waals surface area (Å²) in [6.07, 6.45) is 0. The molecule has 5 nitrogen and oxygen atoms in total.